The summed E-state index contributed by atoms with van der Waals surface area (Å²) in [7, 11) is -0.0380. The molecule has 1 aromatic carbocycles. The van der Waals surface area contributed by atoms with E-state index in [-0.39, 0.29) is 10.5 Å². The van der Waals surface area contributed by atoms with Crippen LogP contribution in [0.1, 0.15) is 34.5 Å². The summed E-state index contributed by atoms with van der Waals surface area (Å²) in [6, 6.07) is 8.60. The van der Waals surface area contributed by atoms with E-state index in [2.05, 4.69) is 50.4 Å². The lowest BCUT2D eigenvalue weighted by atomic mass is 10.1. The molecule has 2 aromatic rings. The van der Waals surface area contributed by atoms with Crippen molar-refractivity contribution in [2.24, 2.45) is 10.7 Å². The summed E-state index contributed by atoms with van der Waals surface area (Å²) in [6.45, 7) is 2.09. The highest BCUT2D eigenvalue weighted by Crippen LogP contribution is 2.32. The topological polar surface area (TPSA) is 85.3 Å². The summed E-state index contributed by atoms with van der Waals surface area (Å²) in [6.07, 6.45) is 6.41. The van der Waals surface area contributed by atoms with E-state index in [4.69, 9.17) is 5.73 Å². The average Bonchev–Trinajstić information content (AvgIpc) is 3.08. The van der Waals surface area contributed by atoms with Crippen LogP contribution in [0.4, 0.5) is 0 Å². The van der Waals surface area contributed by atoms with Crippen molar-refractivity contribution in [2.45, 2.75) is 37.2 Å². The second-order valence-corrected chi connectivity index (χ2v) is 8.34. The lowest BCUT2D eigenvalue weighted by molar-refractivity contribution is 0.0999. The van der Waals surface area contributed by atoms with Gasteiger partial charge in [-0.05, 0) is 48.2 Å². The van der Waals surface area contributed by atoms with E-state index in [1.807, 2.05) is 10.9 Å². The normalized spacial score (nSPS) is 19.9. The van der Waals surface area contributed by atoms with E-state index in [1.54, 1.807) is 6.20 Å². The summed E-state index contributed by atoms with van der Waals surface area (Å²) in [5.74, 6) is -0.427. The molecule has 4 rings (SSSR count). The number of hydrogen-bond acceptors (Lipinski definition) is 4. The zero-order valence-electron chi connectivity index (χ0n) is 15.1. The maximum absolute atomic E-state index is 11.7. The second-order valence-electron chi connectivity index (χ2n) is 6.65. The number of nitrogens with zero attached hydrogens (tertiary/aromatic N) is 3. The summed E-state index contributed by atoms with van der Waals surface area (Å²) < 4.78 is 1.82. The summed E-state index contributed by atoms with van der Waals surface area (Å²) in [4.78, 5) is 17.6. The average molecular weight is 382 g/mol. The van der Waals surface area contributed by atoms with Crippen molar-refractivity contribution in [3.63, 3.8) is 0 Å². The molecule has 1 atom stereocenters. The Morgan fingerprint density at radius 2 is 2.15 bits per heavy atom. The standard InChI is InChI=1S/C20H23N5OS/c21-20(26)17-13-25-10-3-5-16-14-27(11-9-23-16)19-6-2-1-4-15(19)7-8-22-12-18(17)24-25/h1-2,4,6,9,11,13-14,22H,3,5,7-8,10,12H2,(H2,21,26). The Kier molecular flexibility index (Phi) is 5.31. The number of aliphatic imine (C=N–C) groups is 1. The maximum Gasteiger partial charge on any atom is 0.252 e. The minimum absolute atomic E-state index is 0.0380. The first-order valence-electron chi connectivity index (χ1n) is 9.15. The van der Waals surface area contributed by atoms with Crippen molar-refractivity contribution in [1.29, 1.82) is 0 Å². The maximum atomic E-state index is 11.7. The van der Waals surface area contributed by atoms with Crippen LogP contribution < -0.4 is 11.1 Å². The number of nitrogens with one attached hydrogen (secondary N) is 1. The number of carbonyl (C=O) groups excluding carboxylic acids is 1. The predicted molar refractivity (Wildman–Crippen MR) is 110 cm³/mol. The van der Waals surface area contributed by atoms with Gasteiger partial charge in [0, 0.05) is 36.1 Å². The molecule has 0 saturated carbocycles. The molecule has 1 unspecified atom stereocenters. The van der Waals surface area contributed by atoms with Gasteiger partial charge in [-0.25, -0.2) is 0 Å². The van der Waals surface area contributed by atoms with Crippen LogP contribution in [0, 0.1) is 0 Å². The summed E-state index contributed by atoms with van der Waals surface area (Å²) >= 11 is 0. The Hall–Kier alpha value is -2.51. The van der Waals surface area contributed by atoms with Crippen LogP contribution >= 0.6 is 10.5 Å². The van der Waals surface area contributed by atoms with Gasteiger partial charge in [-0.15, -0.1) is 10.5 Å². The van der Waals surface area contributed by atoms with E-state index < -0.39 is 5.91 Å². The molecule has 0 fully saturated rings. The van der Waals surface area contributed by atoms with Crippen molar-refractivity contribution >= 4 is 27.5 Å². The van der Waals surface area contributed by atoms with Gasteiger partial charge in [0.1, 0.15) is 0 Å². The van der Waals surface area contributed by atoms with Gasteiger partial charge >= 0.3 is 0 Å². The quantitative estimate of drug-likeness (QED) is 0.744. The van der Waals surface area contributed by atoms with Crippen LogP contribution in [0.5, 0.6) is 0 Å². The third-order valence-corrected chi connectivity index (χ3v) is 6.57. The van der Waals surface area contributed by atoms with Crippen LogP contribution in [0.15, 0.2) is 52.0 Å². The van der Waals surface area contributed by atoms with Crippen molar-refractivity contribution in [2.75, 3.05) is 6.54 Å². The van der Waals surface area contributed by atoms with Crippen LogP contribution in [0.2, 0.25) is 0 Å². The highest BCUT2D eigenvalue weighted by molar-refractivity contribution is 8.18. The number of aryl methyl sites for hydroxylation is 1. The fourth-order valence-corrected chi connectivity index (χ4v) is 5.10. The van der Waals surface area contributed by atoms with Crippen LogP contribution in [0.3, 0.4) is 0 Å². The molecule has 7 heteroatoms. The number of benzene rings is 1. The zero-order valence-corrected chi connectivity index (χ0v) is 15.9. The fraction of sp³-hybridized carbons (Fsp3) is 0.300. The van der Waals surface area contributed by atoms with E-state index in [0.29, 0.717) is 12.1 Å². The second kappa shape index (κ2) is 8.02. The largest absolute Gasteiger partial charge is 0.365 e. The molecule has 3 heterocycles. The molecule has 0 spiro atoms. The third kappa shape index (κ3) is 4.09. The molecule has 6 nitrogen and oxygen atoms in total. The summed E-state index contributed by atoms with van der Waals surface area (Å²) in [5, 5.41) is 12.4. The number of rotatable bonds is 1. The molecule has 0 radical (unpaired) electrons. The highest BCUT2D eigenvalue weighted by Gasteiger charge is 2.15. The number of hydrogen-bond donors (Lipinski definition) is 2. The van der Waals surface area contributed by atoms with E-state index >= 15 is 0 Å². The number of fused-ring (bicyclic) bond motifs is 5. The lowest BCUT2D eigenvalue weighted by Crippen LogP contribution is -2.20. The van der Waals surface area contributed by atoms with E-state index in [1.165, 1.54) is 10.5 Å². The molecule has 2 aliphatic heterocycles. The summed E-state index contributed by atoms with van der Waals surface area (Å²) in [5.41, 5.74) is 9.20. The Morgan fingerprint density at radius 3 is 3.04 bits per heavy atom. The number of carbonyl (C=O) groups is 1. The van der Waals surface area contributed by atoms with Gasteiger partial charge in [-0.3, -0.25) is 14.5 Å². The van der Waals surface area contributed by atoms with Gasteiger partial charge in [0.25, 0.3) is 5.91 Å². The molecular formula is C20H23N5OS. The number of nitrogens with two attached hydrogens (primary N) is 1. The fourth-order valence-electron chi connectivity index (χ4n) is 3.37. The molecule has 27 heavy (non-hydrogen) atoms. The van der Waals surface area contributed by atoms with Gasteiger partial charge in [0.05, 0.1) is 11.3 Å². The van der Waals surface area contributed by atoms with Crippen molar-refractivity contribution in [3.05, 3.63) is 58.9 Å². The molecule has 0 aliphatic carbocycles. The zero-order chi connectivity index (χ0) is 18.6. The number of primary amides is 1. The van der Waals surface area contributed by atoms with E-state index in [0.717, 1.165) is 43.8 Å². The molecule has 0 saturated heterocycles. The first kappa shape index (κ1) is 17.9. The lowest BCUT2D eigenvalue weighted by Gasteiger charge is -2.14. The van der Waals surface area contributed by atoms with Gasteiger partial charge in [-0.1, -0.05) is 18.2 Å². The van der Waals surface area contributed by atoms with Crippen molar-refractivity contribution in [3.8, 4) is 0 Å². The van der Waals surface area contributed by atoms with Crippen LogP contribution in [-0.2, 0) is 19.5 Å². The van der Waals surface area contributed by atoms with E-state index in [9.17, 15) is 4.79 Å². The SMILES string of the molecule is NC(=O)c1cn2nc1CNCCc1ccccc1S1=CC(=NC=C1)CCC2. The van der Waals surface area contributed by atoms with Crippen LogP contribution in [-0.4, -0.2) is 33.3 Å². The van der Waals surface area contributed by atoms with Gasteiger partial charge in [0.2, 0.25) is 0 Å². The van der Waals surface area contributed by atoms with Crippen LogP contribution in [0.25, 0.3) is 0 Å². The Labute approximate surface area is 161 Å². The van der Waals surface area contributed by atoms with Gasteiger partial charge in [0.15, 0.2) is 0 Å². The highest BCUT2D eigenvalue weighted by atomic mass is 32.2. The number of aromatic nitrogens is 2. The van der Waals surface area contributed by atoms with Crippen molar-refractivity contribution < 1.29 is 4.79 Å². The predicted octanol–water partition coefficient (Wildman–Crippen LogP) is 2.46. The molecule has 4 bridgehead atoms. The smallest absolute Gasteiger partial charge is 0.252 e. The van der Waals surface area contributed by atoms with Gasteiger partial charge in [-0.2, -0.15) is 5.10 Å². The monoisotopic (exact) mass is 381 g/mol. The Bertz CT molecular complexity index is 957. The molecule has 1 aromatic heterocycles. The molecule has 3 N–H and O–H groups in total. The Balaban J connectivity index is 1.65. The minimum Gasteiger partial charge on any atom is -0.365 e. The minimum atomic E-state index is -0.427. The Morgan fingerprint density at radius 1 is 1.26 bits per heavy atom. The van der Waals surface area contributed by atoms with Gasteiger partial charge < -0.3 is 11.1 Å². The number of amides is 1. The van der Waals surface area contributed by atoms with Crippen molar-refractivity contribution in [1.82, 2.24) is 15.1 Å². The third-order valence-electron chi connectivity index (χ3n) is 4.72. The molecule has 140 valence electrons. The molecular weight excluding hydrogens is 358 g/mol. The molecule has 1 amide bonds. The molecule has 2 aliphatic rings. The first-order chi connectivity index (χ1) is 13.2. The first-order valence-corrected chi connectivity index (χ1v) is 10.5.